The molecule has 9 nitrogen and oxygen atoms in total. The average Bonchev–Trinajstić information content (AvgIpc) is 2.84. The first kappa shape index (κ1) is 24.9. The van der Waals surface area contributed by atoms with Crippen LogP contribution in [-0.4, -0.2) is 55.6 Å². The van der Waals surface area contributed by atoms with E-state index in [0.717, 1.165) is 23.2 Å². The maximum atomic E-state index is 13.8. The number of aliphatic imine (C=N–C) groups is 2. The molecule has 1 aliphatic rings. The molecule has 4 N–H and O–H groups in total. The second kappa shape index (κ2) is 11.0. The highest BCUT2D eigenvalue weighted by molar-refractivity contribution is 6.09. The largest absolute Gasteiger partial charge is 0.496 e. The molecule has 0 saturated heterocycles. The number of nitrogens with zero attached hydrogens (tertiary/aromatic N) is 4. The summed E-state index contributed by atoms with van der Waals surface area (Å²) in [6.07, 6.45) is 0.772. The number of rotatable bonds is 3. The molecular formula is C24H24F3N7O2. The fraction of sp³-hybridized carbons (Fsp3) is 0.250. The summed E-state index contributed by atoms with van der Waals surface area (Å²) < 4.78 is 52.4. The molecule has 0 unspecified atom stereocenters. The van der Waals surface area contributed by atoms with Crippen molar-refractivity contribution in [3.05, 3.63) is 59.9 Å². The second-order valence-electron chi connectivity index (χ2n) is 7.65. The van der Waals surface area contributed by atoms with Crippen LogP contribution in [0.25, 0.3) is 16.6 Å². The lowest BCUT2D eigenvalue weighted by molar-refractivity contribution is -0.137. The van der Waals surface area contributed by atoms with E-state index in [4.69, 9.17) is 15.2 Å². The van der Waals surface area contributed by atoms with E-state index in [1.165, 1.54) is 12.4 Å². The number of nitrogens with one attached hydrogen (secondary N) is 2. The smallest absolute Gasteiger partial charge is 0.417 e. The number of pyridine rings is 2. The molecule has 0 bridgehead atoms. The lowest BCUT2D eigenvalue weighted by Gasteiger charge is -2.17. The van der Waals surface area contributed by atoms with Crippen molar-refractivity contribution in [3.8, 4) is 5.75 Å². The van der Waals surface area contributed by atoms with E-state index in [0.29, 0.717) is 31.2 Å². The lowest BCUT2D eigenvalue weighted by Crippen LogP contribution is -2.20. The second-order valence-corrected chi connectivity index (χ2v) is 7.65. The number of nitrogen functional groups attached to an aromatic ring is 1. The van der Waals surface area contributed by atoms with Gasteiger partial charge in [0.05, 0.1) is 68.4 Å². The Bertz CT molecular complexity index is 1320. The molecule has 0 amide bonds. The van der Waals surface area contributed by atoms with Crippen LogP contribution in [0.3, 0.4) is 0 Å². The third-order valence-corrected chi connectivity index (χ3v) is 5.17. The zero-order valence-electron chi connectivity index (χ0n) is 19.3. The Labute approximate surface area is 205 Å². The lowest BCUT2D eigenvalue weighted by atomic mass is 10.1. The van der Waals surface area contributed by atoms with Crippen LogP contribution >= 0.6 is 0 Å². The van der Waals surface area contributed by atoms with Gasteiger partial charge in [0, 0.05) is 23.2 Å². The predicted octanol–water partition coefficient (Wildman–Crippen LogP) is 3.74. The highest BCUT2D eigenvalue weighted by Gasteiger charge is 2.35. The minimum atomic E-state index is -4.66. The van der Waals surface area contributed by atoms with Gasteiger partial charge in [-0.15, -0.1) is 0 Å². The van der Waals surface area contributed by atoms with E-state index in [-0.39, 0.29) is 29.5 Å². The van der Waals surface area contributed by atoms with E-state index in [1.54, 1.807) is 13.3 Å². The summed E-state index contributed by atoms with van der Waals surface area (Å²) in [4.78, 5) is 16.9. The first-order valence-corrected chi connectivity index (χ1v) is 11.0. The van der Waals surface area contributed by atoms with Gasteiger partial charge in [0.15, 0.2) is 0 Å². The number of benzene rings is 1. The number of alkyl halides is 3. The van der Waals surface area contributed by atoms with Crippen molar-refractivity contribution in [3.63, 3.8) is 0 Å². The Morgan fingerprint density at radius 3 is 2.75 bits per heavy atom. The standard InChI is InChI=1S/C24H24F3N7O2/c1-35-21-4-2-3-19-16(21)9-15(12-31-19)34-23-11-20(33-14-29-5-7-36-8-6-30-23)17-13-32-22(28)10-18(17)24(25,26)27/h2-4,9-14H,5-8H2,1H3,(H2,28,32)(H,29,33)(H,30,34)/b20-11-. The maximum Gasteiger partial charge on any atom is 0.417 e. The summed E-state index contributed by atoms with van der Waals surface area (Å²) in [5, 5.41) is 6.72. The third-order valence-electron chi connectivity index (χ3n) is 5.17. The summed E-state index contributed by atoms with van der Waals surface area (Å²) in [6.45, 7) is 1.28. The zero-order chi connectivity index (χ0) is 25.5. The number of halogens is 3. The molecule has 0 radical (unpaired) electrons. The molecule has 36 heavy (non-hydrogen) atoms. The summed E-state index contributed by atoms with van der Waals surface area (Å²) in [5.41, 5.74) is 5.78. The topological polar surface area (TPSA) is 119 Å². The van der Waals surface area contributed by atoms with E-state index >= 15 is 0 Å². The molecule has 1 aliphatic heterocycles. The van der Waals surface area contributed by atoms with Gasteiger partial charge in [0.25, 0.3) is 0 Å². The number of aromatic nitrogens is 2. The van der Waals surface area contributed by atoms with Gasteiger partial charge in [-0.05, 0) is 24.3 Å². The van der Waals surface area contributed by atoms with Gasteiger partial charge in [-0.3, -0.25) is 15.0 Å². The summed E-state index contributed by atoms with van der Waals surface area (Å²) in [5.74, 6) is 0.666. The molecule has 0 aliphatic carbocycles. The predicted molar refractivity (Wildman–Crippen MR) is 133 cm³/mol. The van der Waals surface area contributed by atoms with Gasteiger partial charge in [-0.2, -0.15) is 13.2 Å². The van der Waals surface area contributed by atoms with E-state index in [2.05, 4.69) is 30.6 Å². The number of anilines is 2. The van der Waals surface area contributed by atoms with Crippen molar-refractivity contribution in [1.29, 1.82) is 0 Å². The molecule has 0 saturated carbocycles. The quantitative estimate of drug-likeness (QED) is 0.502. The number of fused-ring (bicyclic) bond motifs is 1. The number of methoxy groups -OCH3 is 1. The number of amidine groups is 1. The Morgan fingerprint density at radius 2 is 1.94 bits per heavy atom. The van der Waals surface area contributed by atoms with Crippen LogP contribution in [0.2, 0.25) is 0 Å². The van der Waals surface area contributed by atoms with Gasteiger partial charge in [0.2, 0.25) is 0 Å². The molecule has 0 atom stereocenters. The number of hydrogen-bond donors (Lipinski definition) is 3. The number of nitrogens with two attached hydrogens (primary N) is 1. The van der Waals surface area contributed by atoms with Crippen LogP contribution in [0, 0.1) is 0 Å². The van der Waals surface area contributed by atoms with Crippen LogP contribution in [0.5, 0.6) is 5.75 Å². The SMILES string of the molecule is COc1cccc2ncc(NC3=NCCOCCN=CN/C(c4cnc(N)cc4C(F)(F)F)=C\3)cc12. The highest BCUT2D eigenvalue weighted by Crippen LogP contribution is 2.35. The van der Waals surface area contributed by atoms with Crippen LogP contribution in [0.1, 0.15) is 11.1 Å². The highest BCUT2D eigenvalue weighted by atomic mass is 19.4. The molecular weight excluding hydrogens is 475 g/mol. The van der Waals surface area contributed by atoms with Crippen molar-refractivity contribution >= 4 is 40.3 Å². The third kappa shape index (κ3) is 6.08. The normalized spacial score (nSPS) is 16.7. The molecule has 188 valence electrons. The molecule has 3 aromatic rings. The molecule has 12 heteroatoms. The summed E-state index contributed by atoms with van der Waals surface area (Å²) in [7, 11) is 1.56. The molecule has 0 fully saturated rings. The molecule has 1 aromatic carbocycles. The van der Waals surface area contributed by atoms with Gasteiger partial charge < -0.3 is 25.8 Å². The molecule has 4 rings (SSSR count). The van der Waals surface area contributed by atoms with Crippen molar-refractivity contribution in [2.75, 3.05) is 44.5 Å². The van der Waals surface area contributed by atoms with Crippen molar-refractivity contribution in [1.82, 2.24) is 15.3 Å². The van der Waals surface area contributed by atoms with Crippen molar-refractivity contribution < 1.29 is 22.6 Å². The number of ether oxygens (including phenoxy) is 2. The molecule has 2 aromatic heterocycles. The van der Waals surface area contributed by atoms with Crippen molar-refractivity contribution in [2.45, 2.75) is 6.18 Å². The Morgan fingerprint density at radius 1 is 1.11 bits per heavy atom. The Kier molecular flexibility index (Phi) is 7.64. The van der Waals surface area contributed by atoms with Crippen LogP contribution in [0.15, 0.2) is 58.8 Å². The minimum absolute atomic E-state index is 0.0812. The first-order chi connectivity index (χ1) is 17.3. The average molecular weight is 499 g/mol. The summed E-state index contributed by atoms with van der Waals surface area (Å²) in [6, 6.07) is 8.11. The van der Waals surface area contributed by atoms with E-state index in [9.17, 15) is 13.2 Å². The first-order valence-electron chi connectivity index (χ1n) is 11.0. The maximum absolute atomic E-state index is 13.8. The Balaban J connectivity index is 1.78. The minimum Gasteiger partial charge on any atom is -0.496 e. The zero-order valence-corrected chi connectivity index (χ0v) is 19.3. The fourth-order valence-corrected chi connectivity index (χ4v) is 3.52. The molecule has 0 spiro atoms. The monoisotopic (exact) mass is 499 g/mol. The van der Waals surface area contributed by atoms with Crippen molar-refractivity contribution in [2.24, 2.45) is 9.98 Å². The van der Waals surface area contributed by atoms with E-state index in [1.807, 2.05) is 24.3 Å². The number of hydrogen-bond acceptors (Lipinski definition) is 9. The van der Waals surface area contributed by atoms with Crippen LogP contribution in [0.4, 0.5) is 24.7 Å². The van der Waals surface area contributed by atoms with Crippen LogP contribution in [-0.2, 0) is 10.9 Å². The Hall–Kier alpha value is -4.19. The molecule has 3 heterocycles. The van der Waals surface area contributed by atoms with Gasteiger partial charge in [-0.25, -0.2) is 4.98 Å². The summed E-state index contributed by atoms with van der Waals surface area (Å²) >= 11 is 0. The van der Waals surface area contributed by atoms with Gasteiger partial charge >= 0.3 is 6.18 Å². The van der Waals surface area contributed by atoms with Gasteiger partial charge in [0.1, 0.15) is 17.4 Å². The van der Waals surface area contributed by atoms with Crippen LogP contribution < -0.4 is 21.1 Å². The van der Waals surface area contributed by atoms with E-state index < -0.39 is 11.7 Å². The fourth-order valence-electron chi connectivity index (χ4n) is 3.52. The van der Waals surface area contributed by atoms with Gasteiger partial charge in [-0.1, -0.05) is 6.07 Å².